The van der Waals surface area contributed by atoms with Crippen LogP contribution in [0, 0.1) is 5.92 Å². The highest BCUT2D eigenvalue weighted by molar-refractivity contribution is 5.86. The molecular weight excluding hydrogens is 280 g/mol. The molecule has 2 atom stereocenters. The molecule has 1 fully saturated rings. The summed E-state index contributed by atoms with van der Waals surface area (Å²) in [6.07, 6.45) is 6.82. The van der Waals surface area contributed by atoms with E-state index >= 15 is 0 Å². The van der Waals surface area contributed by atoms with Gasteiger partial charge in [0.05, 0.1) is 27.4 Å². The number of ether oxygens (including phenoxy) is 3. The molecule has 0 spiro atoms. The van der Waals surface area contributed by atoms with Gasteiger partial charge >= 0.3 is 5.97 Å². The number of methoxy groups -OCH3 is 2. The van der Waals surface area contributed by atoms with Crippen LogP contribution in [0.4, 0.5) is 0 Å². The van der Waals surface area contributed by atoms with Crippen molar-refractivity contribution in [3.05, 3.63) is 53.6 Å². The van der Waals surface area contributed by atoms with Crippen LogP contribution in [0.1, 0.15) is 12.0 Å². The van der Waals surface area contributed by atoms with Gasteiger partial charge in [-0.1, -0.05) is 30.4 Å². The van der Waals surface area contributed by atoms with Crippen LogP contribution >= 0.6 is 0 Å². The molecule has 0 bridgehead atoms. The normalized spacial score (nSPS) is 26.8. The zero-order chi connectivity index (χ0) is 15.6. The van der Waals surface area contributed by atoms with Crippen LogP contribution in [-0.4, -0.2) is 33.4 Å². The first kappa shape index (κ1) is 14.9. The Morgan fingerprint density at radius 3 is 2.73 bits per heavy atom. The molecule has 0 amide bonds. The predicted octanol–water partition coefficient (Wildman–Crippen LogP) is 2.64. The van der Waals surface area contributed by atoms with E-state index in [-0.39, 0.29) is 11.9 Å². The lowest BCUT2D eigenvalue weighted by Crippen LogP contribution is -2.35. The number of fused-ring (bicyclic) bond motifs is 1. The Kier molecular flexibility index (Phi) is 4.03. The van der Waals surface area contributed by atoms with Crippen LogP contribution in [0.15, 0.2) is 48.1 Å². The van der Waals surface area contributed by atoms with Gasteiger partial charge in [0.15, 0.2) is 0 Å². The highest BCUT2D eigenvalue weighted by Gasteiger charge is 2.41. The molecule has 1 aliphatic carbocycles. The molecule has 4 nitrogen and oxygen atoms in total. The van der Waals surface area contributed by atoms with E-state index in [4.69, 9.17) is 14.2 Å². The maximum absolute atomic E-state index is 12.6. The van der Waals surface area contributed by atoms with Crippen molar-refractivity contribution in [2.45, 2.75) is 11.8 Å². The van der Waals surface area contributed by atoms with Gasteiger partial charge in [0.2, 0.25) is 0 Å². The van der Waals surface area contributed by atoms with Crippen molar-refractivity contribution in [2.24, 2.45) is 5.92 Å². The van der Waals surface area contributed by atoms with E-state index in [9.17, 15) is 4.79 Å². The number of hydrogen-bond acceptors (Lipinski definition) is 4. The topological polar surface area (TPSA) is 44.8 Å². The third kappa shape index (κ3) is 2.44. The van der Waals surface area contributed by atoms with E-state index in [1.54, 1.807) is 7.11 Å². The Labute approximate surface area is 130 Å². The maximum atomic E-state index is 12.6. The lowest BCUT2D eigenvalue weighted by Gasteiger charge is -2.27. The van der Waals surface area contributed by atoms with E-state index in [2.05, 4.69) is 12.2 Å². The highest BCUT2D eigenvalue weighted by Crippen LogP contribution is 2.39. The molecule has 4 heteroatoms. The Morgan fingerprint density at radius 2 is 2.05 bits per heavy atom. The first-order valence-corrected chi connectivity index (χ1v) is 7.38. The minimum atomic E-state index is -0.796. The van der Waals surface area contributed by atoms with E-state index in [0.717, 1.165) is 16.9 Å². The molecule has 3 rings (SSSR count). The fraction of sp³-hybridized carbons (Fsp3) is 0.389. The molecule has 2 aliphatic rings. The minimum Gasteiger partial charge on any atom is -0.497 e. The van der Waals surface area contributed by atoms with Gasteiger partial charge in [0, 0.05) is 5.92 Å². The largest absolute Gasteiger partial charge is 0.497 e. The number of hydrogen-bond donors (Lipinski definition) is 0. The molecule has 0 aromatic heterocycles. The van der Waals surface area contributed by atoms with Crippen LogP contribution in [0.25, 0.3) is 0 Å². The molecule has 0 N–H and O–H groups in total. The zero-order valence-electron chi connectivity index (χ0n) is 12.9. The summed E-state index contributed by atoms with van der Waals surface area (Å²) in [4.78, 5) is 12.6. The number of carbonyl (C=O) groups is 1. The highest BCUT2D eigenvalue weighted by atomic mass is 16.5. The van der Waals surface area contributed by atoms with Crippen molar-refractivity contribution in [1.82, 2.24) is 0 Å². The van der Waals surface area contributed by atoms with E-state index in [1.165, 1.54) is 7.11 Å². The lowest BCUT2D eigenvalue weighted by atomic mass is 9.76. The van der Waals surface area contributed by atoms with Gasteiger partial charge in [0.25, 0.3) is 0 Å². The van der Waals surface area contributed by atoms with E-state index in [1.807, 2.05) is 30.3 Å². The SMILES string of the molecule is COC(=O)[C@]1(c2ccc(OC)cc2)C=C2COC[C@H]2C=CC1. The Morgan fingerprint density at radius 1 is 1.27 bits per heavy atom. The average molecular weight is 300 g/mol. The molecular formula is C18H20O4. The number of allylic oxidation sites excluding steroid dienone is 1. The van der Waals surface area contributed by atoms with Crippen LogP contribution in [0.3, 0.4) is 0 Å². The summed E-state index contributed by atoms with van der Waals surface area (Å²) in [5.41, 5.74) is 1.26. The molecule has 1 aromatic carbocycles. The summed E-state index contributed by atoms with van der Waals surface area (Å²) in [5, 5.41) is 0. The number of esters is 1. The molecule has 1 aliphatic heterocycles. The fourth-order valence-corrected chi connectivity index (χ4v) is 3.17. The monoisotopic (exact) mass is 300 g/mol. The van der Waals surface area contributed by atoms with Gasteiger partial charge in [-0.25, -0.2) is 0 Å². The standard InChI is InChI=1S/C18H20O4/c1-20-16-7-5-15(6-8-16)18(17(19)21-2)9-3-4-13-11-22-12-14(13)10-18/h3-8,10,13H,9,11-12H2,1-2H3/t13-,18+/m1/s1. The molecule has 1 saturated heterocycles. The van der Waals surface area contributed by atoms with Gasteiger partial charge in [0.1, 0.15) is 11.2 Å². The second-order valence-corrected chi connectivity index (χ2v) is 5.66. The van der Waals surface area contributed by atoms with Gasteiger partial charge in [-0.05, 0) is 29.7 Å². The van der Waals surface area contributed by atoms with Gasteiger partial charge in [-0.15, -0.1) is 0 Å². The average Bonchev–Trinajstić information content (AvgIpc) is 2.92. The number of benzene rings is 1. The number of carbonyl (C=O) groups excluding carboxylic acids is 1. The first-order valence-electron chi connectivity index (χ1n) is 7.38. The summed E-state index contributed by atoms with van der Waals surface area (Å²) in [7, 11) is 3.06. The van der Waals surface area contributed by atoms with Gasteiger partial charge in [-0.3, -0.25) is 4.79 Å². The molecule has 1 heterocycles. The van der Waals surface area contributed by atoms with Crippen LogP contribution in [0.5, 0.6) is 5.75 Å². The van der Waals surface area contributed by atoms with E-state index in [0.29, 0.717) is 19.6 Å². The minimum absolute atomic E-state index is 0.248. The Balaban J connectivity index is 2.10. The van der Waals surface area contributed by atoms with Gasteiger partial charge < -0.3 is 14.2 Å². The number of rotatable bonds is 3. The molecule has 1 aromatic rings. The first-order chi connectivity index (χ1) is 10.7. The molecule has 0 radical (unpaired) electrons. The van der Waals surface area contributed by atoms with Crippen LogP contribution < -0.4 is 4.74 Å². The van der Waals surface area contributed by atoms with Crippen molar-refractivity contribution in [2.75, 3.05) is 27.4 Å². The molecule has 0 unspecified atom stereocenters. The van der Waals surface area contributed by atoms with Crippen molar-refractivity contribution in [3.63, 3.8) is 0 Å². The van der Waals surface area contributed by atoms with Crippen LogP contribution in [0.2, 0.25) is 0 Å². The zero-order valence-corrected chi connectivity index (χ0v) is 12.9. The van der Waals surface area contributed by atoms with Gasteiger partial charge in [-0.2, -0.15) is 0 Å². The molecule has 0 saturated carbocycles. The van der Waals surface area contributed by atoms with Crippen molar-refractivity contribution >= 4 is 5.97 Å². The van der Waals surface area contributed by atoms with E-state index < -0.39 is 5.41 Å². The Bertz CT molecular complexity index is 614. The predicted molar refractivity (Wildman–Crippen MR) is 82.8 cm³/mol. The second kappa shape index (κ2) is 5.97. The van der Waals surface area contributed by atoms with Crippen molar-refractivity contribution in [3.8, 4) is 5.75 Å². The van der Waals surface area contributed by atoms with Crippen molar-refractivity contribution in [1.29, 1.82) is 0 Å². The maximum Gasteiger partial charge on any atom is 0.320 e. The summed E-state index contributed by atoms with van der Waals surface area (Å²) in [6, 6.07) is 7.60. The smallest absolute Gasteiger partial charge is 0.320 e. The quantitative estimate of drug-likeness (QED) is 0.636. The van der Waals surface area contributed by atoms with Crippen molar-refractivity contribution < 1.29 is 19.0 Å². The summed E-state index contributed by atoms with van der Waals surface area (Å²) in [5.74, 6) is 0.787. The second-order valence-electron chi connectivity index (χ2n) is 5.66. The summed E-state index contributed by atoms with van der Waals surface area (Å²) < 4.78 is 15.9. The third-order valence-electron chi connectivity index (χ3n) is 4.44. The lowest BCUT2D eigenvalue weighted by molar-refractivity contribution is -0.145. The Hall–Kier alpha value is -2.07. The fourth-order valence-electron chi connectivity index (χ4n) is 3.17. The molecule has 22 heavy (non-hydrogen) atoms. The third-order valence-corrected chi connectivity index (χ3v) is 4.44. The summed E-state index contributed by atoms with van der Waals surface area (Å²) >= 11 is 0. The summed E-state index contributed by atoms with van der Waals surface area (Å²) in [6.45, 7) is 1.26. The molecule has 116 valence electrons. The van der Waals surface area contributed by atoms with Crippen LogP contribution in [-0.2, 0) is 19.7 Å².